The fourth-order valence-electron chi connectivity index (χ4n) is 2.32. The zero-order valence-electron chi connectivity index (χ0n) is 11.7. The molecule has 0 spiro atoms. The fourth-order valence-corrected chi connectivity index (χ4v) is 2.32. The van der Waals surface area contributed by atoms with Crippen LogP contribution in [0.4, 0.5) is 13.2 Å². The standard InChI is InChI=1S/C16H17F3N2/c1-21(10-11-4-2-3-5-14(11)18)16(9-20)13-8-12(17)6-7-15(13)19/h2-8,16H,9-10,20H2,1H3. The highest BCUT2D eigenvalue weighted by molar-refractivity contribution is 5.24. The summed E-state index contributed by atoms with van der Waals surface area (Å²) in [5.41, 5.74) is 6.35. The van der Waals surface area contributed by atoms with E-state index >= 15 is 0 Å². The summed E-state index contributed by atoms with van der Waals surface area (Å²) in [6.07, 6.45) is 0. The molecule has 21 heavy (non-hydrogen) atoms. The summed E-state index contributed by atoms with van der Waals surface area (Å²) in [5, 5.41) is 0. The highest BCUT2D eigenvalue weighted by Crippen LogP contribution is 2.24. The number of hydrogen-bond acceptors (Lipinski definition) is 2. The zero-order valence-corrected chi connectivity index (χ0v) is 11.7. The van der Waals surface area contributed by atoms with Crippen LogP contribution in [0.15, 0.2) is 42.5 Å². The average Bonchev–Trinajstić information content (AvgIpc) is 2.46. The lowest BCUT2D eigenvalue weighted by atomic mass is 10.0. The van der Waals surface area contributed by atoms with Gasteiger partial charge in [0.25, 0.3) is 0 Å². The van der Waals surface area contributed by atoms with Gasteiger partial charge in [0.05, 0.1) is 6.04 Å². The molecular weight excluding hydrogens is 277 g/mol. The number of benzene rings is 2. The molecule has 2 nitrogen and oxygen atoms in total. The summed E-state index contributed by atoms with van der Waals surface area (Å²) >= 11 is 0. The molecular formula is C16H17F3N2. The third-order valence-corrected chi connectivity index (χ3v) is 3.45. The lowest BCUT2D eigenvalue weighted by molar-refractivity contribution is 0.233. The molecule has 112 valence electrons. The van der Waals surface area contributed by atoms with Gasteiger partial charge in [-0.3, -0.25) is 4.90 Å². The summed E-state index contributed by atoms with van der Waals surface area (Å²) in [7, 11) is 1.70. The van der Waals surface area contributed by atoms with Crippen molar-refractivity contribution in [2.45, 2.75) is 12.6 Å². The highest BCUT2D eigenvalue weighted by atomic mass is 19.1. The molecule has 1 unspecified atom stereocenters. The number of hydrogen-bond donors (Lipinski definition) is 1. The van der Waals surface area contributed by atoms with Crippen molar-refractivity contribution in [3.8, 4) is 0 Å². The van der Waals surface area contributed by atoms with Gasteiger partial charge in [0, 0.05) is 24.2 Å². The first-order valence-electron chi connectivity index (χ1n) is 6.61. The molecule has 0 fully saturated rings. The molecule has 0 saturated carbocycles. The molecule has 0 aliphatic heterocycles. The van der Waals surface area contributed by atoms with Gasteiger partial charge in [-0.1, -0.05) is 18.2 Å². The summed E-state index contributed by atoms with van der Waals surface area (Å²) in [4.78, 5) is 1.70. The Morgan fingerprint density at radius 2 is 1.76 bits per heavy atom. The van der Waals surface area contributed by atoms with Crippen LogP contribution in [0.3, 0.4) is 0 Å². The maximum atomic E-state index is 13.9. The summed E-state index contributed by atoms with van der Waals surface area (Å²) in [6.45, 7) is 0.357. The Balaban J connectivity index is 2.25. The monoisotopic (exact) mass is 294 g/mol. The third kappa shape index (κ3) is 3.62. The molecule has 0 saturated heterocycles. The van der Waals surface area contributed by atoms with Crippen LogP contribution in [0.1, 0.15) is 17.2 Å². The number of rotatable bonds is 5. The van der Waals surface area contributed by atoms with E-state index in [1.54, 1.807) is 30.1 Å². The number of halogens is 3. The Hall–Kier alpha value is -1.85. The van der Waals surface area contributed by atoms with E-state index in [2.05, 4.69) is 0 Å². The van der Waals surface area contributed by atoms with Crippen molar-refractivity contribution in [2.75, 3.05) is 13.6 Å². The largest absolute Gasteiger partial charge is 0.329 e. The minimum absolute atomic E-state index is 0.103. The molecule has 0 radical (unpaired) electrons. The average molecular weight is 294 g/mol. The van der Waals surface area contributed by atoms with Crippen molar-refractivity contribution >= 4 is 0 Å². The first-order valence-corrected chi connectivity index (χ1v) is 6.61. The van der Waals surface area contributed by atoms with Gasteiger partial charge in [-0.2, -0.15) is 0 Å². The van der Waals surface area contributed by atoms with E-state index in [0.717, 1.165) is 18.2 Å². The van der Waals surface area contributed by atoms with Gasteiger partial charge in [-0.25, -0.2) is 13.2 Å². The Kier molecular flexibility index (Phi) is 4.98. The van der Waals surface area contributed by atoms with Crippen LogP contribution in [0, 0.1) is 17.5 Å². The molecule has 0 aliphatic carbocycles. The van der Waals surface area contributed by atoms with E-state index in [-0.39, 0.29) is 24.5 Å². The molecule has 0 aromatic heterocycles. The van der Waals surface area contributed by atoms with Crippen LogP contribution < -0.4 is 5.73 Å². The number of likely N-dealkylation sites (N-methyl/N-ethyl adjacent to an activating group) is 1. The summed E-state index contributed by atoms with van der Waals surface area (Å²) in [5.74, 6) is -1.38. The van der Waals surface area contributed by atoms with Gasteiger partial charge in [0.15, 0.2) is 0 Å². The van der Waals surface area contributed by atoms with E-state index in [4.69, 9.17) is 5.73 Å². The van der Waals surface area contributed by atoms with E-state index in [0.29, 0.717) is 5.56 Å². The second kappa shape index (κ2) is 6.74. The molecule has 1 atom stereocenters. The fraction of sp³-hybridized carbons (Fsp3) is 0.250. The quantitative estimate of drug-likeness (QED) is 0.917. The van der Waals surface area contributed by atoms with Crippen LogP contribution in [0.2, 0.25) is 0 Å². The maximum Gasteiger partial charge on any atom is 0.128 e. The number of nitrogens with zero attached hydrogens (tertiary/aromatic N) is 1. The predicted molar refractivity (Wildman–Crippen MR) is 76.0 cm³/mol. The van der Waals surface area contributed by atoms with E-state index in [1.807, 2.05) is 0 Å². The smallest absolute Gasteiger partial charge is 0.128 e. The third-order valence-electron chi connectivity index (χ3n) is 3.45. The first kappa shape index (κ1) is 15.5. The van der Waals surface area contributed by atoms with E-state index in [1.165, 1.54) is 6.07 Å². The van der Waals surface area contributed by atoms with Gasteiger partial charge >= 0.3 is 0 Å². The van der Waals surface area contributed by atoms with Crippen LogP contribution in [0.25, 0.3) is 0 Å². The molecule has 2 aromatic rings. The minimum Gasteiger partial charge on any atom is -0.329 e. The van der Waals surface area contributed by atoms with Crippen LogP contribution >= 0.6 is 0 Å². The van der Waals surface area contributed by atoms with Crippen LogP contribution in [-0.2, 0) is 6.54 Å². The SMILES string of the molecule is CN(Cc1ccccc1F)C(CN)c1cc(F)ccc1F. The van der Waals surface area contributed by atoms with Crippen molar-refractivity contribution in [3.05, 3.63) is 71.0 Å². The zero-order chi connectivity index (χ0) is 15.4. The second-order valence-corrected chi connectivity index (χ2v) is 4.92. The molecule has 0 heterocycles. The van der Waals surface area contributed by atoms with Gasteiger partial charge in [0.1, 0.15) is 17.5 Å². The van der Waals surface area contributed by atoms with Crippen molar-refractivity contribution in [1.29, 1.82) is 0 Å². The molecule has 2 rings (SSSR count). The molecule has 0 amide bonds. The van der Waals surface area contributed by atoms with Gasteiger partial charge in [-0.05, 0) is 31.3 Å². The highest BCUT2D eigenvalue weighted by Gasteiger charge is 2.20. The molecule has 2 N–H and O–H groups in total. The Morgan fingerprint density at radius 3 is 2.43 bits per heavy atom. The van der Waals surface area contributed by atoms with Crippen molar-refractivity contribution in [2.24, 2.45) is 5.73 Å². The number of nitrogens with two attached hydrogens (primary N) is 1. The molecule has 0 bridgehead atoms. The van der Waals surface area contributed by atoms with Gasteiger partial charge < -0.3 is 5.73 Å². The maximum absolute atomic E-state index is 13.9. The van der Waals surface area contributed by atoms with E-state index in [9.17, 15) is 13.2 Å². The van der Waals surface area contributed by atoms with Crippen molar-refractivity contribution in [1.82, 2.24) is 4.90 Å². The summed E-state index contributed by atoms with van der Waals surface area (Å²) in [6, 6.07) is 9.08. The van der Waals surface area contributed by atoms with Crippen LogP contribution in [-0.4, -0.2) is 18.5 Å². The van der Waals surface area contributed by atoms with Crippen LogP contribution in [0.5, 0.6) is 0 Å². The normalized spacial score (nSPS) is 12.7. The minimum atomic E-state index is -0.527. The lowest BCUT2D eigenvalue weighted by Crippen LogP contribution is -2.31. The van der Waals surface area contributed by atoms with Crippen molar-refractivity contribution < 1.29 is 13.2 Å². The molecule has 5 heteroatoms. The van der Waals surface area contributed by atoms with Crippen molar-refractivity contribution in [3.63, 3.8) is 0 Å². The topological polar surface area (TPSA) is 29.3 Å². The Labute approximate surface area is 122 Å². The lowest BCUT2D eigenvalue weighted by Gasteiger charge is -2.28. The summed E-state index contributed by atoms with van der Waals surface area (Å²) < 4.78 is 40.8. The second-order valence-electron chi connectivity index (χ2n) is 4.92. The predicted octanol–water partition coefficient (Wildman–Crippen LogP) is 3.24. The molecule has 2 aromatic carbocycles. The Bertz CT molecular complexity index is 616. The first-order chi connectivity index (χ1) is 10.0. The molecule has 0 aliphatic rings. The van der Waals surface area contributed by atoms with Gasteiger partial charge in [-0.15, -0.1) is 0 Å². The van der Waals surface area contributed by atoms with Gasteiger partial charge in [0.2, 0.25) is 0 Å². The van der Waals surface area contributed by atoms with E-state index < -0.39 is 17.7 Å². The Morgan fingerprint density at radius 1 is 1.05 bits per heavy atom.